The Morgan fingerprint density at radius 3 is 2.81 bits per heavy atom. The lowest BCUT2D eigenvalue weighted by molar-refractivity contribution is -0.135. The van der Waals surface area contributed by atoms with Crippen LogP contribution in [0, 0.1) is 11.3 Å². The van der Waals surface area contributed by atoms with Gasteiger partial charge in [-0.2, -0.15) is 10.4 Å². The first-order valence-electron chi connectivity index (χ1n) is 8.34. The molecule has 1 unspecified atom stereocenters. The van der Waals surface area contributed by atoms with Crippen LogP contribution >= 0.6 is 11.3 Å². The lowest BCUT2D eigenvalue weighted by Gasteiger charge is -2.20. The van der Waals surface area contributed by atoms with Crippen LogP contribution in [0.1, 0.15) is 28.7 Å². The molecule has 1 amide bonds. The SMILES string of the molecule is N#Cc1ccc(OCC(=O)N2N=C(c3cccs3)CC2c2ccco2)cc1. The van der Waals surface area contributed by atoms with Crippen molar-refractivity contribution in [2.75, 3.05) is 6.61 Å². The third kappa shape index (κ3) is 3.61. The molecule has 7 heteroatoms. The lowest BCUT2D eigenvalue weighted by Crippen LogP contribution is -2.31. The van der Waals surface area contributed by atoms with Crippen LogP contribution in [-0.4, -0.2) is 23.2 Å². The number of carbonyl (C=O) groups excluding carboxylic acids is 1. The van der Waals surface area contributed by atoms with Gasteiger partial charge in [0.25, 0.3) is 5.91 Å². The molecule has 1 aliphatic heterocycles. The van der Waals surface area contributed by atoms with Gasteiger partial charge in [-0.05, 0) is 47.8 Å². The number of hydrogen-bond acceptors (Lipinski definition) is 6. The molecule has 0 spiro atoms. The summed E-state index contributed by atoms with van der Waals surface area (Å²) in [6.07, 6.45) is 2.19. The summed E-state index contributed by atoms with van der Waals surface area (Å²) >= 11 is 1.59. The molecule has 2 aromatic heterocycles. The van der Waals surface area contributed by atoms with E-state index in [1.807, 2.05) is 29.6 Å². The van der Waals surface area contributed by atoms with Gasteiger partial charge in [0, 0.05) is 6.42 Å². The number of hydrazone groups is 1. The quantitative estimate of drug-likeness (QED) is 0.674. The van der Waals surface area contributed by atoms with Crippen molar-refractivity contribution in [1.29, 1.82) is 5.26 Å². The molecule has 0 fully saturated rings. The molecule has 134 valence electrons. The Morgan fingerprint density at radius 2 is 2.15 bits per heavy atom. The van der Waals surface area contributed by atoms with Gasteiger partial charge < -0.3 is 9.15 Å². The van der Waals surface area contributed by atoms with Crippen LogP contribution in [-0.2, 0) is 4.79 Å². The fourth-order valence-corrected chi connectivity index (χ4v) is 3.59. The average Bonchev–Trinajstić information content (AvgIpc) is 3.46. The van der Waals surface area contributed by atoms with E-state index in [0.717, 1.165) is 10.6 Å². The van der Waals surface area contributed by atoms with E-state index in [4.69, 9.17) is 14.4 Å². The van der Waals surface area contributed by atoms with E-state index in [0.29, 0.717) is 23.5 Å². The van der Waals surface area contributed by atoms with Crippen molar-refractivity contribution in [2.45, 2.75) is 12.5 Å². The zero-order chi connectivity index (χ0) is 18.6. The van der Waals surface area contributed by atoms with E-state index in [2.05, 4.69) is 5.10 Å². The third-order valence-electron chi connectivity index (χ3n) is 4.19. The largest absolute Gasteiger partial charge is 0.484 e. The number of benzene rings is 1. The first-order valence-corrected chi connectivity index (χ1v) is 9.22. The van der Waals surface area contributed by atoms with Gasteiger partial charge >= 0.3 is 0 Å². The topological polar surface area (TPSA) is 78.8 Å². The summed E-state index contributed by atoms with van der Waals surface area (Å²) in [5, 5.41) is 16.8. The smallest absolute Gasteiger partial charge is 0.281 e. The highest BCUT2D eigenvalue weighted by atomic mass is 32.1. The van der Waals surface area contributed by atoms with Crippen LogP contribution in [0.5, 0.6) is 5.75 Å². The molecule has 0 radical (unpaired) electrons. The molecule has 3 heterocycles. The van der Waals surface area contributed by atoms with E-state index in [1.54, 1.807) is 47.9 Å². The Labute approximate surface area is 159 Å². The maximum absolute atomic E-state index is 12.8. The molecule has 0 saturated heterocycles. The zero-order valence-corrected chi connectivity index (χ0v) is 15.1. The summed E-state index contributed by atoms with van der Waals surface area (Å²) in [5.74, 6) is 0.961. The van der Waals surface area contributed by atoms with Crippen LogP contribution in [0.3, 0.4) is 0 Å². The molecule has 0 aliphatic carbocycles. The number of nitrogens with zero attached hydrogens (tertiary/aromatic N) is 3. The Kier molecular flexibility index (Phi) is 4.73. The molecule has 1 atom stereocenters. The standard InChI is InChI=1S/C20H15N3O3S/c21-12-14-5-7-15(8-6-14)26-13-20(24)23-17(18-3-1-9-25-18)11-16(22-23)19-4-2-10-27-19/h1-10,17H,11,13H2. The van der Waals surface area contributed by atoms with Crippen molar-refractivity contribution in [3.63, 3.8) is 0 Å². The van der Waals surface area contributed by atoms with Crippen LogP contribution in [0.4, 0.5) is 0 Å². The second-order valence-corrected chi connectivity index (χ2v) is 6.87. The van der Waals surface area contributed by atoms with Gasteiger partial charge in [0.1, 0.15) is 17.6 Å². The average molecular weight is 377 g/mol. The van der Waals surface area contributed by atoms with Gasteiger partial charge in [-0.1, -0.05) is 6.07 Å². The number of hydrogen-bond donors (Lipinski definition) is 0. The fraction of sp³-hybridized carbons (Fsp3) is 0.150. The molecule has 1 aromatic carbocycles. The van der Waals surface area contributed by atoms with E-state index < -0.39 is 0 Å². The number of thiophene rings is 1. The Bertz CT molecular complexity index is 986. The Balaban J connectivity index is 1.50. The third-order valence-corrected chi connectivity index (χ3v) is 5.11. The Hall–Kier alpha value is -3.37. The highest BCUT2D eigenvalue weighted by Crippen LogP contribution is 2.34. The molecule has 4 rings (SSSR count). The summed E-state index contributed by atoms with van der Waals surface area (Å²) in [7, 11) is 0. The summed E-state index contributed by atoms with van der Waals surface area (Å²) in [5.41, 5.74) is 1.40. The van der Waals surface area contributed by atoms with Gasteiger partial charge in [0.05, 0.1) is 28.5 Å². The number of amides is 1. The van der Waals surface area contributed by atoms with Crippen molar-refractivity contribution in [3.05, 3.63) is 76.4 Å². The summed E-state index contributed by atoms with van der Waals surface area (Å²) in [6.45, 7) is -0.148. The molecule has 0 N–H and O–H groups in total. The summed E-state index contributed by atoms with van der Waals surface area (Å²) < 4.78 is 11.1. The van der Waals surface area contributed by atoms with Crippen LogP contribution < -0.4 is 4.74 Å². The molecule has 6 nitrogen and oxygen atoms in total. The van der Waals surface area contributed by atoms with Crippen molar-refractivity contribution in [1.82, 2.24) is 5.01 Å². The van der Waals surface area contributed by atoms with Crippen molar-refractivity contribution in [2.24, 2.45) is 5.10 Å². The van der Waals surface area contributed by atoms with Gasteiger partial charge in [0.2, 0.25) is 0 Å². The summed E-state index contributed by atoms with van der Waals surface area (Å²) in [6, 6.07) is 16.0. The van der Waals surface area contributed by atoms with E-state index in [9.17, 15) is 4.79 Å². The Morgan fingerprint density at radius 1 is 1.30 bits per heavy atom. The van der Waals surface area contributed by atoms with Crippen LogP contribution in [0.25, 0.3) is 0 Å². The number of ether oxygens (including phenoxy) is 1. The number of nitriles is 1. The fourth-order valence-electron chi connectivity index (χ4n) is 2.87. The predicted octanol–water partition coefficient (Wildman–Crippen LogP) is 3.97. The maximum atomic E-state index is 12.8. The number of rotatable bonds is 5. The van der Waals surface area contributed by atoms with Gasteiger partial charge in [-0.15, -0.1) is 11.3 Å². The summed E-state index contributed by atoms with van der Waals surface area (Å²) in [4.78, 5) is 13.8. The molecular formula is C20H15N3O3S. The van der Waals surface area contributed by atoms with Crippen molar-refractivity contribution < 1.29 is 13.9 Å². The monoisotopic (exact) mass is 377 g/mol. The minimum atomic E-state index is -0.283. The first-order chi connectivity index (χ1) is 13.2. The number of furan rings is 1. The predicted molar refractivity (Wildman–Crippen MR) is 100 cm³/mol. The van der Waals surface area contributed by atoms with E-state index in [1.165, 1.54) is 5.01 Å². The lowest BCUT2D eigenvalue weighted by atomic mass is 10.1. The van der Waals surface area contributed by atoms with Gasteiger partial charge in [-0.3, -0.25) is 4.79 Å². The zero-order valence-electron chi connectivity index (χ0n) is 14.2. The highest BCUT2D eigenvalue weighted by Gasteiger charge is 2.35. The maximum Gasteiger partial charge on any atom is 0.281 e. The molecule has 3 aromatic rings. The molecule has 0 bridgehead atoms. The minimum absolute atomic E-state index is 0.148. The van der Waals surface area contributed by atoms with Crippen molar-refractivity contribution in [3.8, 4) is 11.8 Å². The van der Waals surface area contributed by atoms with Crippen molar-refractivity contribution >= 4 is 23.0 Å². The number of carbonyl (C=O) groups is 1. The second-order valence-electron chi connectivity index (χ2n) is 5.92. The highest BCUT2D eigenvalue weighted by molar-refractivity contribution is 7.12. The van der Waals surface area contributed by atoms with E-state index >= 15 is 0 Å². The van der Waals surface area contributed by atoms with Gasteiger partial charge in [-0.25, -0.2) is 5.01 Å². The molecule has 0 saturated carbocycles. The minimum Gasteiger partial charge on any atom is -0.484 e. The second kappa shape index (κ2) is 7.48. The van der Waals surface area contributed by atoms with Crippen LogP contribution in [0.15, 0.2) is 69.7 Å². The van der Waals surface area contributed by atoms with Gasteiger partial charge in [0.15, 0.2) is 6.61 Å². The van der Waals surface area contributed by atoms with Crippen LogP contribution in [0.2, 0.25) is 0 Å². The molecule has 1 aliphatic rings. The van der Waals surface area contributed by atoms with E-state index in [-0.39, 0.29) is 18.6 Å². The molecule has 27 heavy (non-hydrogen) atoms. The molecular weight excluding hydrogens is 362 g/mol. The first kappa shape index (κ1) is 17.1. The normalized spacial score (nSPS) is 16.0.